The third-order valence-electron chi connectivity index (χ3n) is 2.93. The zero-order chi connectivity index (χ0) is 12.4. The van der Waals surface area contributed by atoms with Gasteiger partial charge in [-0.25, -0.2) is 0 Å². The van der Waals surface area contributed by atoms with Crippen LogP contribution < -0.4 is 0 Å². The van der Waals surface area contributed by atoms with Crippen LogP contribution in [0.4, 0.5) is 0 Å². The first-order valence-electron chi connectivity index (χ1n) is 6.24. The third kappa shape index (κ3) is 6.40. The van der Waals surface area contributed by atoms with E-state index in [1.807, 2.05) is 0 Å². The van der Waals surface area contributed by atoms with Crippen LogP contribution in [-0.4, -0.2) is 35.0 Å². The van der Waals surface area contributed by atoms with Gasteiger partial charge in [-0.15, -0.1) is 0 Å². The van der Waals surface area contributed by atoms with Gasteiger partial charge in [-0.2, -0.15) is 0 Å². The van der Waals surface area contributed by atoms with Gasteiger partial charge in [0.25, 0.3) is 0 Å². The largest absolute Gasteiger partial charge is 0.398 e. The molecule has 0 radical (unpaired) electrons. The summed E-state index contributed by atoms with van der Waals surface area (Å²) in [6, 6.07) is 1.02. The second kappa shape index (κ2) is 8.90. The van der Waals surface area contributed by atoms with Gasteiger partial charge >= 0.3 is 8.56 Å². The SMILES string of the molecule is CCCC(CC)=NCCC[Si](C)(OC)OC. The predicted octanol–water partition coefficient (Wildman–Crippen LogP) is 3.39. The van der Waals surface area contributed by atoms with Gasteiger partial charge in [0, 0.05) is 26.5 Å². The van der Waals surface area contributed by atoms with Crippen molar-refractivity contribution < 1.29 is 8.85 Å². The van der Waals surface area contributed by atoms with E-state index >= 15 is 0 Å². The molecule has 0 bridgehead atoms. The molecule has 0 aromatic rings. The minimum Gasteiger partial charge on any atom is -0.398 e. The number of hydrogen-bond donors (Lipinski definition) is 0. The van der Waals surface area contributed by atoms with Crippen LogP contribution in [0.2, 0.25) is 12.6 Å². The first-order chi connectivity index (χ1) is 7.61. The van der Waals surface area contributed by atoms with Crippen molar-refractivity contribution in [2.24, 2.45) is 4.99 Å². The number of nitrogens with zero attached hydrogens (tertiary/aromatic N) is 1. The summed E-state index contributed by atoms with van der Waals surface area (Å²) in [5.74, 6) is 0. The lowest BCUT2D eigenvalue weighted by Gasteiger charge is -2.22. The molecule has 0 heterocycles. The molecular formula is C12H27NO2Si. The summed E-state index contributed by atoms with van der Waals surface area (Å²) in [5, 5.41) is 0. The van der Waals surface area contributed by atoms with E-state index < -0.39 is 8.56 Å². The van der Waals surface area contributed by atoms with E-state index in [2.05, 4.69) is 25.4 Å². The van der Waals surface area contributed by atoms with E-state index in [9.17, 15) is 0 Å². The van der Waals surface area contributed by atoms with Crippen LogP contribution in [0.3, 0.4) is 0 Å². The lowest BCUT2D eigenvalue weighted by Crippen LogP contribution is -2.35. The molecule has 0 aliphatic heterocycles. The minimum atomic E-state index is -1.87. The normalized spacial score (nSPS) is 13.2. The van der Waals surface area contributed by atoms with Crippen molar-refractivity contribution in [3.63, 3.8) is 0 Å². The van der Waals surface area contributed by atoms with Gasteiger partial charge in [0.2, 0.25) is 0 Å². The number of hydrogen-bond acceptors (Lipinski definition) is 3. The lowest BCUT2D eigenvalue weighted by atomic mass is 10.2. The minimum absolute atomic E-state index is 0.915. The van der Waals surface area contributed by atoms with E-state index in [1.54, 1.807) is 14.2 Å². The highest BCUT2D eigenvalue weighted by molar-refractivity contribution is 6.65. The fraction of sp³-hybridized carbons (Fsp3) is 0.917. The summed E-state index contributed by atoms with van der Waals surface area (Å²) >= 11 is 0. The van der Waals surface area contributed by atoms with Gasteiger partial charge in [0.05, 0.1) is 0 Å². The maximum atomic E-state index is 5.44. The average molecular weight is 245 g/mol. The second-order valence-electron chi connectivity index (χ2n) is 4.20. The van der Waals surface area contributed by atoms with Crippen LogP contribution in [-0.2, 0) is 8.85 Å². The highest BCUT2D eigenvalue weighted by atomic mass is 28.4. The molecule has 96 valence electrons. The Labute approximate surface area is 102 Å². The summed E-state index contributed by atoms with van der Waals surface area (Å²) in [7, 11) is 1.62. The summed E-state index contributed by atoms with van der Waals surface area (Å²) in [6.07, 6.45) is 4.48. The molecule has 16 heavy (non-hydrogen) atoms. The highest BCUT2D eigenvalue weighted by Gasteiger charge is 2.27. The maximum Gasteiger partial charge on any atom is 0.334 e. The summed E-state index contributed by atoms with van der Waals surface area (Å²) < 4.78 is 10.9. The molecule has 0 rings (SSSR count). The first-order valence-corrected chi connectivity index (χ1v) is 8.76. The molecule has 0 aliphatic rings. The molecule has 0 aromatic carbocycles. The van der Waals surface area contributed by atoms with Crippen LogP contribution in [0.5, 0.6) is 0 Å². The molecule has 0 saturated heterocycles. The molecule has 0 aliphatic carbocycles. The van der Waals surface area contributed by atoms with E-state index in [4.69, 9.17) is 8.85 Å². The molecule has 0 atom stereocenters. The topological polar surface area (TPSA) is 30.8 Å². The third-order valence-corrected chi connectivity index (χ3v) is 5.92. The molecule has 0 spiro atoms. The van der Waals surface area contributed by atoms with Crippen LogP contribution >= 0.6 is 0 Å². The van der Waals surface area contributed by atoms with Gasteiger partial charge < -0.3 is 8.85 Å². The fourth-order valence-corrected chi connectivity index (χ4v) is 2.96. The monoisotopic (exact) mass is 245 g/mol. The smallest absolute Gasteiger partial charge is 0.334 e. The Kier molecular flexibility index (Phi) is 8.79. The molecular weight excluding hydrogens is 218 g/mol. The van der Waals surface area contributed by atoms with Crippen molar-refractivity contribution >= 4 is 14.3 Å². The molecule has 0 amide bonds. The fourth-order valence-electron chi connectivity index (χ4n) is 1.58. The van der Waals surface area contributed by atoms with Gasteiger partial charge in [-0.1, -0.05) is 20.3 Å². The Bertz CT molecular complexity index is 203. The van der Waals surface area contributed by atoms with Crippen molar-refractivity contribution in [1.29, 1.82) is 0 Å². The average Bonchev–Trinajstić information content (AvgIpc) is 2.32. The zero-order valence-electron chi connectivity index (χ0n) is 11.5. The standard InChI is InChI=1S/C12H27NO2Si/c1-6-9-12(7-2)13-10-8-11-16(5,14-3)15-4/h6-11H2,1-5H3. The van der Waals surface area contributed by atoms with E-state index in [1.165, 1.54) is 12.1 Å². The Morgan fingerprint density at radius 1 is 1.19 bits per heavy atom. The predicted molar refractivity (Wildman–Crippen MR) is 72.6 cm³/mol. The molecule has 0 fully saturated rings. The summed E-state index contributed by atoms with van der Waals surface area (Å²) in [4.78, 5) is 4.63. The van der Waals surface area contributed by atoms with Gasteiger partial charge in [0.15, 0.2) is 0 Å². The molecule has 0 unspecified atom stereocenters. The zero-order valence-corrected chi connectivity index (χ0v) is 12.5. The molecule has 3 nitrogen and oxygen atoms in total. The Morgan fingerprint density at radius 2 is 1.81 bits per heavy atom. The van der Waals surface area contributed by atoms with Crippen LogP contribution in [0.25, 0.3) is 0 Å². The first kappa shape index (κ1) is 15.8. The molecule has 4 heteroatoms. The Balaban J connectivity index is 3.88. The lowest BCUT2D eigenvalue weighted by molar-refractivity contribution is 0.249. The van der Waals surface area contributed by atoms with E-state index in [0.717, 1.165) is 31.9 Å². The van der Waals surface area contributed by atoms with Gasteiger partial charge in [0.1, 0.15) is 0 Å². The van der Waals surface area contributed by atoms with Crippen molar-refractivity contribution in [2.75, 3.05) is 20.8 Å². The summed E-state index contributed by atoms with van der Waals surface area (Å²) in [5.41, 5.74) is 1.35. The van der Waals surface area contributed by atoms with Crippen molar-refractivity contribution in [2.45, 2.75) is 52.1 Å². The van der Waals surface area contributed by atoms with Gasteiger partial charge in [-0.3, -0.25) is 4.99 Å². The highest BCUT2D eigenvalue weighted by Crippen LogP contribution is 2.13. The summed E-state index contributed by atoms with van der Waals surface area (Å²) in [6.45, 7) is 7.39. The van der Waals surface area contributed by atoms with Crippen molar-refractivity contribution in [3.8, 4) is 0 Å². The molecule has 0 N–H and O–H groups in total. The van der Waals surface area contributed by atoms with Crippen LogP contribution in [0.15, 0.2) is 4.99 Å². The Morgan fingerprint density at radius 3 is 2.25 bits per heavy atom. The van der Waals surface area contributed by atoms with Crippen LogP contribution in [0, 0.1) is 0 Å². The van der Waals surface area contributed by atoms with E-state index in [-0.39, 0.29) is 0 Å². The second-order valence-corrected chi connectivity index (χ2v) is 7.78. The van der Waals surface area contributed by atoms with Crippen molar-refractivity contribution in [1.82, 2.24) is 0 Å². The Hall–Kier alpha value is -0.193. The van der Waals surface area contributed by atoms with Crippen molar-refractivity contribution in [3.05, 3.63) is 0 Å². The van der Waals surface area contributed by atoms with Crippen LogP contribution in [0.1, 0.15) is 39.5 Å². The molecule has 0 saturated carbocycles. The van der Waals surface area contributed by atoms with Gasteiger partial charge in [-0.05, 0) is 31.9 Å². The number of rotatable bonds is 9. The maximum absolute atomic E-state index is 5.44. The van der Waals surface area contributed by atoms with E-state index in [0.29, 0.717) is 0 Å². The number of aliphatic imine (C=N–C) groups is 1. The molecule has 0 aromatic heterocycles. The quantitative estimate of drug-likeness (QED) is 0.354.